The van der Waals surface area contributed by atoms with Crippen LogP contribution < -0.4 is 4.74 Å². The van der Waals surface area contributed by atoms with Crippen molar-refractivity contribution in [2.45, 2.75) is 87.3 Å². The Kier molecular flexibility index (Phi) is 12.8. The van der Waals surface area contributed by atoms with Crippen LogP contribution in [0, 0.1) is 0 Å². The second-order valence-electron chi connectivity index (χ2n) is 7.98. The molecule has 0 radical (unpaired) electrons. The molecule has 184 valence electrons. The van der Waals surface area contributed by atoms with Crippen LogP contribution in [-0.4, -0.2) is 18.2 Å². The normalized spacial score (nSPS) is 11.6. The van der Waals surface area contributed by atoms with Crippen molar-refractivity contribution in [1.29, 1.82) is 0 Å². The van der Waals surface area contributed by atoms with E-state index in [0.717, 1.165) is 41.8 Å². The van der Waals surface area contributed by atoms with Gasteiger partial charge in [-0.2, -0.15) is 8.42 Å². The lowest BCUT2D eigenvalue weighted by atomic mass is 10.0. The SMILES string of the molecule is CCCCCCCCCCCCc1ccc(Oc2cccc(S(=O)(=O)O)c2)cc1SOOO. The number of ether oxygens (including phenoxy) is 1. The molecule has 0 saturated heterocycles. The molecule has 0 heterocycles. The summed E-state index contributed by atoms with van der Waals surface area (Å²) in [6.07, 6.45) is 13.5. The van der Waals surface area contributed by atoms with Crippen molar-refractivity contribution in [3.05, 3.63) is 48.0 Å². The molecule has 0 unspecified atom stereocenters. The van der Waals surface area contributed by atoms with E-state index in [1.807, 2.05) is 6.07 Å². The monoisotopic (exact) mass is 498 g/mol. The van der Waals surface area contributed by atoms with E-state index in [2.05, 4.69) is 16.3 Å². The van der Waals surface area contributed by atoms with Gasteiger partial charge in [-0.25, -0.2) is 5.26 Å². The van der Waals surface area contributed by atoms with Gasteiger partial charge in [0.05, 0.1) is 16.9 Å². The summed E-state index contributed by atoms with van der Waals surface area (Å²) < 4.78 is 42.3. The summed E-state index contributed by atoms with van der Waals surface area (Å²) in [5, 5.41) is 12.3. The molecule has 0 fully saturated rings. The highest BCUT2D eigenvalue weighted by Crippen LogP contribution is 2.32. The van der Waals surface area contributed by atoms with E-state index < -0.39 is 10.1 Å². The van der Waals surface area contributed by atoms with Gasteiger partial charge in [-0.3, -0.25) is 4.55 Å². The highest BCUT2D eigenvalue weighted by atomic mass is 32.2. The highest BCUT2D eigenvalue weighted by Gasteiger charge is 2.12. The van der Waals surface area contributed by atoms with Crippen LogP contribution in [0.2, 0.25) is 0 Å². The number of unbranched alkanes of at least 4 members (excludes halogenated alkanes) is 9. The topological polar surface area (TPSA) is 102 Å². The zero-order valence-electron chi connectivity index (χ0n) is 19.1. The van der Waals surface area contributed by atoms with Gasteiger partial charge >= 0.3 is 0 Å². The standard InChI is InChI=1S/C24H34O7S2/c1-2-3-4-5-6-7-8-9-10-11-13-20-16-17-22(19-24(20)32-31-30-25)29-21-14-12-15-23(18-21)33(26,27)28/h12,14-19,25H,2-11,13H2,1H3,(H,26,27,28). The van der Waals surface area contributed by atoms with Crippen LogP contribution >= 0.6 is 12.0 Å². The number of hydrogen-bond donors (Lipinski definition) is 2. The number of aryl methyl sites for hydroxylation is 1. The Hall–Kier alpha value is -1.62. The summed E-state index contributed by atoms with van der Waals surface area (Å²) in [4.78, 5) is 0.479. The molecule has 7 nitrogen and oxygen atoms in total. The smallest absolute Gasteiger partial charge is 0.294 e. The maximum atomic E-state index is 11.3. The molecule has 2 aromatic rings. The highest BCUT2D eigenvalue weighted by molar-refractivity contribution is 7.94. The molecule has 0 spiro atoms. The lowest BCUT2D eigenvalue weighted by Crippen LogP contribution is -1.98. The molecule has 0 saturated carbocycles. The lowest BCUT2D eigenvalue weighted by Gasteiger charge is -2.12. The summed E-state index contributed by atoms with van der Waals surface area (Å²) in [5.74, 6) is 0.723. The molecular formula is C24H34O7S2. The molecule has 2 rings (SSSR count). The predicted octanol–water partition coefficient (Wildman–Crippen LogP) is 7.62. The van der Waals surface area contributed by atoms with Gasteiger partial charge in [-0.15, -0.1) is 4.33 Å². The molecule has 0 atom stereocenters. The van der Waals surface area contributed by atoms with Gasteiger partial charge < -0.3 is 4.74 Å². The van der Waals surface area contributed by atoms with Crippen LogP contribution in [0.1, 0.15) is 76.7 Å². The maximum absolute atomic E-state index is 11.3. The minimum Gasteiger partial charge on any atom is -0.457 e. The van der Waals surface area contributed by atoms with E-state index in [1.165, 1.54) is 69.6 Å². The first-order valence-corrected chi connectivity index (χ1v) is 13.7. The van der Waals surface area contributed by atoms with Crippen LogP contribution in [0.15, 0.2) is 52.3 Å². The van der Waals surface area contributed by atoms with E-state index >= 15 is 0 Å². The molecule has 9 heteroatoms. The fourth-order valence-electron chi connectivity index (χ4n) is 3.57. The van der Waals surface area contributed by atoms with Crippen molar-refractivity contribution in [2.24, 2.45) is 0 Å². The Bertz CT molecular complexity index is 932. The molecule has 0 aliphatic heterocycles. The van der Waals surface area contributed by atoms with E-state index in [-0.39, 0.29) is 10.6 Å². The van der Waals surface area contributed by atoms with Crippen molar-refractivity contribution in [2.75, 3.05) is 0 Å². The predicted molar refractivity (Wildman–Crippen MR) is 129 cm³/mol. The molecular weight excluding hydrogens is 464 g/mol. The maximum Gasteiger partial charge on any atom is 0.294 e. The molecule has 0 bridgehead atoms. The Balaban J connectivity index is 1.88. The third kappa shape index (κ3) is 10.9. The van der Waals surface area contributed by atoms with Crippen molar-refractivity contribution in [3.8, 4) is 11.5 Å². The number of hydrogen-bond acceptors (Lipinski definition) is 7. The van der Waals surface area contributed by atoms with E-state index in [9.17, 15) is 13.0 Å². The van der Waals surface area contributed by atoms with Gasteiger partial charge in [0, 0.05) is 11.0 Å². The fourth-order valence-corrected chi connectivity index (χ4v) is 4.63. The molecule has 0 aromatic heterocycles. The van der Waals surface area contributed by atoms with Crippen LogP contribution in [0.25, 0.3) is 0 Å². The first-order chi connectivity index (χ1) is 15.9. The van der Waals surface area contributed by atoms with Crippen LogP contribution in [-0.2, 0) is 25.9 Å². The first-order valence-electron chi connectivity index (χ1n) is 11.5. The fraction of sp³-hybridized carbons (Fsp3) is 0.500. The summed E-state index contributed by atoms with van der Waals surface area (Å²) >= 11 is 0.872. The number of benzene rings is 2. The van der Waals surface area contributed by atoms with Gasteiger partial charge in [-0.1, -0.05) is 81.9 Å². The van der Waals surface area contributed by atoms with Gasteiger partial charge in [0.2, 0.25) is 0 Å². The minimum absolute atomic E-state index is 0.246. The lowest BCUT2D eigenvalue weighted by molar-refractivity contribution is -0.432. The molecule has 0 aliphatic rings. The molecule has 0 aliphatic carbocycles. The molecule has 0 amide bonds. The third-order valence-electron chi connectivity index (χ3n) is 5.33. The van der Waals surface area contributed by atoms with Crippen LogP contribution in [0.5, 0.6) is 11.5 Å². The Morgan fingerprint density at radius 2 is 1.48 bits per heavy atom. The van der Waals surface area contributed by atoms with Crippen molar-refractivity contribution in [3.63, 3.8) is 0 Å². The Labute approximate surface area is 201 Å². The quantitative estimate of drug-likeness (QED) is 0.0755. The average molecular weight is 499 g/mol. The van der Waals surface area contributed by atoms with Crippen molar-refractivity contribution >= 4 is 22.2 Å². The summed E-state index contributed by atoms with van der Waals surface area (Å²) in [6.45, 7) is 2.24. The summed E-state index contributed by atoms with van der Waals surface area (Å²) in [5.41, 5.74) is 1.04. The zero-order chi connectivity index (χ0) is 23.9. The third-order valence-corrected chi connectivity index (χ3v) is 6.87. The van der Waals surface area contributed by atoms with Gasteiger partial charge in [0.1, 0.15) is 11.5 Å². The van der Waals surface area contributed by atoms with Gasteiger partial charge in [-0.05, 0) is 42.7 Å². The second kappa shape index (κ2) is 15.3. The minimum atomic E-state index is -4.32. The summed E-state index contributed by atoms with van der Waals surface area (Å²) in [6, 6.07) is 11.0. The Morgan fingerprint density at radius 1 is 0.848 bits per heavy atom. The van der Waals surface area contributed by atoms with Gasteiger partial charge in [0.15, 0.2) is 0 Å². The molecule has 33 heavy (non-hydrogen) atoms. The summed E-state index contributed by atoms with van der Waals surface area (Å²) in [7, 11) is -4.32. The van der Waals surface area contributed by atoms with Crippen LogP contribution in [0.3, 0.4) is 0 Å². The van der Waals surface area contributed by atoms with Gasteiger partial charge in [0.25, 0.3) is 10.1 Å². The first kappa shape index (κ1) is 27.6. The number of rotatable bonds is 17. The van der Waals surface area contributed by atoms with Crippen LogP contribution in [0.4, 0.5) is 0 Å². The van der Waals surface area contributed by atoms with E-state index in [0.29, 0.717) is 5.75 Å². The zero-order valence-corrected chi connectivity index (χ0v) is 20.7. The average Bonchev–Trinajstić information content (AvgIpc) is 2.79. The molecule has 2 aromatic carbocycles. The Morgan fingerprint density at radius 3 is 2.12 bits per heavy atom. The molecule has 2 N–H and O–H groups in total. The van der Waals surface area contributed by atoms with Crippen molar-refractivity contribution in [1.82, 2.24) is 0 Å². The van der Waals surface area contributed by atoms with E-state index in [1.54, 1.807) is 18.2 Å². The van der Waals surface area contributed by atoms with Crippen molar-refractivity contribution < 1.29 is 32.3 Å². The second-order valence-corrected chi connectivity index (χ2v) is 10.1. The largest absolute Gasteiger partial charge is 0.457 e. The van der Waals surface area contributed by atoms with E-state index in [4.69, 9.17) is 9.99 Å².